The molecule has 0 aliphatic heterocycles. The molecule has 2 aromatic carbocycles. The molecule has 0 heterocycles. The van der Waals surface area contributed by atoms with Crippen LogP contribution in [-0.4, -0.2) is 24.9 Å². The first-order valence-electron chi connectivity index (χ1n) is 7.46. The van der Waals surface area contributed by atoms with Gasteiger partial charge in [0.25, 0.3) is 0 Å². The second kappa shape index (κ2) is 9.71. The van der Waals surface area contributed by atoms with E-state index in [1.54, 1.807) is 0 Å². The van der Waals surface area contributed by atoms with Gasteiger partial charge in [-0.15, -0.1) is 13.2 Å². The third-order valence-electron chi connectivity index (χ3n) is 2.39. The fourth-order valence-electron chi connectivity index (χ4n) is 1.64. The summed E-state index contributed by atoms with van der Waals surface area (Å²) in [5, 5.41) is 0. The SMILES string of the molecule is CC(C)(C)Oc1ccc([I+]c2ccccc2)cc1.O=S(=O)([O-])OC(F)(F)F. The van der Waals surface area contributed by atoms with Gasteiger partial charge >= 0.3 is 27.6 Å². The van der Waals surface area contributed by atoms with Gasteiger partial charge in [-0.2, -0.15) is 4.18 Å². The number of hydrogen-bond donors (Lipinski definition) is 0. The summed E-state index contributed by atoms with van der Waals surface area (Å²) in [5.41, 5.74) is -0.129. The summed E-state index contributed by atoms with van der Waals surface area (Å²) in [5.74, 6) is 0.948. The van der Waals surface area contributed by atoms with Crippen LogP contribution in [0.3, 0.4) is 0 Å². The topological polar surface area (TPSA) is 75.7 Å². The molecule has 0 aromatic heterocycles. The van der Waals surface area contributed by atoms with Crippen LogP contribution in [-0.2, 0) is 14.6 Å². The second-order valence-electron chi connectivity index (χ2n) is 6.00. The van der Waals surface area contributed by atoms with Crippen LogP contribution in [0.15, 0.2) is 54.6 Å². The van der Waals surface area contributed by atoms with Crippen molar-refractivity contribution < 1.29 is 56.3 Å². The predicted molar refractivity (Wildman–Crippen MR) is 87.5 cm³/mol. The zero-order valence-corrected chi connectivity index (χ0v) is 17.6. The molecule has 0 unspecified atom stereocenters. The van der Waals surface area contributed by atoms with Gasteiger partial charge in [-0.05, 0) is 57.2 Å². The Morgan fingerprint density at radius 1 is 0.889 bits per heavy atom. The summed E-state index contributed by atoms with van der Waals surface area (Å²) in [7, 11) is -5.66. The number of halogens is 4. The Morgan fingerprint density at radius 2 is 1.37 bits per heavy atom. The molecule has 0 bridgehead atoms. The van der Waals surface area contributed by atoms with Gasteiger partial charge in [0.1, 0.15) is 11.4 Å². The lowest BCUT2D eigenvalue weighted by Gasteiger charge is -2.20. The van der Waals surface area contributed by atoms with Gasteiger partial charge in [-0.3, -0.25) is 0 Å². The van der Waals surface area contributed by atoms with Crippen LogP contribution in [0.4, 0.5) is 13.2 Å². The van der Waals surface area contributed by atoms with Crippen molar-refractivity contribution in [3.63, 3.8) is 0 Å². The molecular formula is C17H18F3IO5S. The zero-order valence-electron chi connectivity index (χ0n) is 14.7. The summed E-state index contributed by atoms with van der Waals surface area (Å²) in [6, 6.07) is 19.2. The van der Waals surface area contributed by atoms with E-state index in [-0.39, 0.29) is 26.8 Å². The standard InChI is InChI=1S/C16H18IO.CHF3O4S/c1-16(2,3)18-15-11-9-14(10-12-15)17-13-7-5-4-6-8-13;2-1(3,4)8-9(5,6)7/h4-12H,1-3H3;(H,5,6,7)/q+1;/p-1. The molecule has 0 atom stereocenters. The van der Waals surface area contributed by atoms with Gasteiger partial charge in [0.05, 0.1) is 0 Å². The van der Waals surface area contributed by atoms with Gasteiger partial charge in [-0.25, -0.2) is 8.42 Å². The third-order valence-corrected chi connectivity index (χ3v) is 5.46. The van der Waals surface area contributed by atoms with E-state index in [4.69, 9.17) is 17.7 Å². The Hall–Kier alpha value is -1.37. The van der Waals surface area contributed by atoms with Crippen molar-refractivity contribution in [2.24, 2.45) is 0 Å². The van der Waals surface area contributed by atoms with Crippen molar-refractivity contribution in [3.05, 3.63) is 61.7 Å². The molecule has 5 nitrogen and oxygen atoms in total. The van der Waals surface area contributed by atoms with Crippen LogP contribution in [0.1, 0.15) is 20.8 Å². The molecule has 0 radical (unpaired) electrons. The largest absolute Gasteiger partial charge is 0.725 e. The Morgan fingerprint density at radius 3 is 1.74 bits per heavy atom. The molecule has 0 amide bonds. The minimum Gasteiger partial charge on any atom is -0.725 e. The highest BCUT2D eigenvalue weighted by Crippen LogP contribution is 2.18. The first-order valence-corrected chi connectivity index (χ1v) is 10.9. The number of ether oxygens (including phenoxy) is 1. The zero-order chi connectivity index (χ0) is 20.7. The van der Waals surface area contributed by atoms with Gasteiger partial charge in [0, 0.05) is 0 Å². The van der Waals surface area contributed by atoms with E-state index in [2.05, 4.69) is 75.4 Å². The van der Waals surface area contributed by atoms with Crippen molar-refractivity contribution in [2.75, 3.05) is 0 Å². The number of alkyl halides is 3. The first-order chi connectivity index (χ1) is 12.2. The average Bonchev–Trinajstić information content (AvgIpc) is 2.46. The monoisotopic (exact) mass is 518 g/mol. The lowest BCUT2D eigenvalue weighted by Crippen LogP contribution is -3.61. The van der Waals surface area contributed by atoms with Crippen molar-refractivity contribution in [1.29, 1.82) is 0 Å². The molecule has 0 aliphatic rings. The molecule has 0 N–H and O–H groups in total. The Bertz CT molecular complexity index is 801. The van der Waals surface area contributed by atoms with E-state index in [0.29, 0.717) is 0 Å². The minimum absolute atomic E-state index is 0.0737. The van der Waals surface area contributed by atoms with Gasteiger partial charge in [0.2, 0.25) is 10.4 Å². The average molecular weight is 518 g/mol. The molecule has 0 saturated carbocycles. The lowest BCUT2D eigenvalue weighted by molar-refractivity contribution is -0.597. The van der Waals surface area contributed by atoms with Crippen LogP contribution < -0.4 is 25.9 Å². The van der Waals surface area contributed by atoms with Crippen molar-refractivity contribution >= 4 is 10.4 Å². The van der Waals surface area contributed by atoms with Gasteiger partial charge in [-0.1, -0.05) is 18.2 Å². The summed E-state index contributed by atoms with van der Waals surface area (Å²) in [6.07, 6.45) is -5.42. The number of benzene rings is 2. The number of hydrogen-bond acceptors (Lipinski definition) is 5. The molecule has 2 aromatic rings. The minimum atomic E-state index is -5.66. The van der Waals surface area contributed by atoms with Crippen LogP contribution in [0.25, 0.3) is 0 Å². The molecule has 0 spiro atoms. The molecular weight excluding hydrogens is 500 g/mol. The summed E-state index contributed by atoms with van der Waals surface area (Å²) in [6.45, 7) is 6.20. The van der Waals surface area contributed by atoms with Crippen LogP contribution in [0, 0.1) is 7.14 Å². The van der Waals surface area contributed by atoms with E-state index in [1.807, 2.05) is 4.18 Å². The summed E-state index contributed by atoms with van der Waals surface area (Å²) >= 11 is -0.0737. The highest BCUT2D eigenvalue weighted by molar-refractivity contribution is 7.80. The molecule has 10 heteroatoms. The van der Waals surface area contributed by atoms with Gasteiger partial charge < -0.3 is 9.29 Å². The Labute approximate surface area is 166 Å². The molecule has 27 heavy (non-hydrogen) atoms. The molecule has 0 fully saturated rings. The van der Waals surface area contributed by atoms with E-state index in [0.717, 1.165) is 5.75 Å². The van der Waals surface area contributed by atoms with E-state index < -0.39 is 16.8 Å². The summed E-state index contributed by atoms with van der Waals surface area (Å²) < 4.78 is 70.4. The fourth-order valence-corrected chi connectivity index (χ4v) is 4.08. The van der Waals surface area contributed by atoms with Crippen molar-refractivity contribution in [2.45, 2.75) is 32.7 Å². The number of rotatable bonds is 4. The normalized spacial score (nSPS) is 12.1. The van der Waals surface area contributed by atoms with Crippen molar-refractivity contribution in [3.8, 4) is 5.75 Å². The highest BCUT2D eigenvalue weighted by atomic mass is 127. The third kappa shape index (κ3) is 12.6. The van der Waals surface area contributed by atoms with E-state index >= 15 is 0 Å². The van der Waals surface area contributed by atoms with Gasteiger partial charge in [0.15, 0.2) is 7.14 Å². The predicted octanol–water partition coefficient (Wildman–Crippen LogP) is 0.975. The maximum atomic E-state index is 10.8. The van der Waals surface area contributed by atoms with Crippen LogP contribution >= 0.6 is 0 Å². The Balaban J connectivity index is 0.000000345. The Kier molecular flexibility index (Phi) is 8.51. The van der Waals surface area contributed by atoms with E-state index in [9.17, 15) is 13.2 Å². The van der Waals surface area contributed by atoms with Crippen molar-refractivity contribution in [1.82, 2.24) is 0 Å². The quantitative estimate of drug-likeness (QED) is 0.343. The molecule has 150 valence electrons. The second-order valence-corrected chi connectivity index (χ2v) is 10.0. The smallest absolute Gasteiger partial charge is 0.536 e. The molecule has 2 rings (SSSR count). The summed E-state index contributed by atoms with van der Waals surface area (Å²) in [4.78, 5) is 0. The molecule has 0 saturated heterocycles. The lowest BCUT2D eigenvalue weighted by atomic mass is 10.2. The van der Waals surface area contributed by atoms with E-state index in [1.165, 1.54) is 7.14 Å². The van der Waals surface area contributed by atoms with Crippen LogP contribution in [0.5, 0.6) is 5.75 Å². The maximum Gasteiger partial charge on any atom is 0.536 e. The fraction of sp³-hybridized carbons (Fsp3) is 0.294. The highest BCUT2D eigenvalue weighted by Gasteiger charge is 2.32. The van der Waals surface area contributed by atoms with Crippen LogP contribution in [0.2, 0.25) is 0 Å². The molecule has 0 aliphatic carbocycles. The maximum absolute atomic E-state index is 10.8. The first kappa shape index (κ1) is 23.7.